The molecule has 2 heterocycles. The van der Waals surface area contributed by atoms with Crippen molar-refractivity contribution in [3.8, 4) is 0 Å². The number of benzene rings is 1. The average Bonchev–Trinajstić information content (AvgIpc) is 3.25. The molecule has 5 heteroatoms. The second kappa shape index (κ2) is 5.82. The van der Waals surface area contributed by atoms with Crippen LogP contribution in [0.4, 0.5) is 0 Å². The summed E-state index contributed by atoms with van der Waals surface area (Å²) in [6.07, 6.45) is 3.60. The lowest BCUT2D eigenvalue weighted by Gasteiger charge is -2.24. The van der Waals surface area contributed by atoms with Crippen LogP contribution in [0.1, 0.15) is 25.0 Å². The SMILES string of the molecule is O=c1[nH]c2ccccc2nc1CN(CC1CCOC1)C1CC1. The Labute approximate surface area is 129 Å². The Balaban J connectivity index is 1.57. The highest BCUT2D eigenvalue weighted by Gasteiger charge is 2.32. The number of nitrogens with zero attached hydrogens (tertiary/aromatic N) is 2. The van der Waals surface area contributed by atoms with Crippen LogP contribution in [0, 0.1) is 5.92 Å². The molecule has 4 rings (SSSR count). The molecule has 0 amide bonds. The van der Waals surface area contributed by atoms with E-state index in [9.17, 15) is 4.79 Å². The van der Waals surface area contributed by atoms with Crippen molar-refractivity contribution >= 4 is 11.0 Å². The van der Waals surface area contributed by atoms with E-state index in [0.29, 0.717) is 24.2 Å². The predicted octanol–water partition coefficient (Wildman–Crippen LogP) is 1.92. The Kier molecular flexibility index (Phi) is 3.68. The second-order valence-corrected chi connectivity index (χ2v) is 6.42. The van der Waals surface area contributed by atoms with Crippen molar-refractivity contribution in [1.29, 1.82) is 0 Å². The van der Waals surface area contributed by atoms with Crippen molar-refractivity contribution in [3.05, 3.63) is 40.3 Å². The molecule has 1 aromatic carbocycles. The molecule has 2 aromatic rings. The second-order valence-electron chi connectivity index (χ2n) is 6.42. The molecule has 1 aliphatic carbocycles. The number of aromatic nitrogens is 2. The number of aromatic amines is 1. The summed E-state index contributed by atoms with van der Waals surface area (Å²) in [7, 11) is 0. The molecule has 2 fully saturated rings. The molecular weight excluding hydrogens is 278 g/mol. The lowest BCUT2D eigenvalue weighted by Crippen LogP contribution is -2.34. The van der Waals surface area contributed by atoms with Gasteiger partial charge < -0.3 is 9.72 Å². The summed E-state index contributed by atoms with van der Waals surface area (Å²) in [5, 5.41) is 0. The smallest absolute Gasteiger partial charge is 0.271 e. The molecule has 2 aliphatic rings. The third-order valence-electron chi connectivity index (χ3n) is 4.60. The van der Waals surface area contributed by atoms with Crippen LogP contribution in [0.15, 0.2) is 29.1 Å². The van der Waals surface area contributed by atoms with Crippen LogP contribution in [0.25, 0.3) is 11.0 Å². The van der Waals surface area contributed by atoms with Crippen LogP contribution in [0.2, 0.25) is 0 Å². The molecule has 22 heavy (non-hydrogen) atoms. The molecule has 0 spiro atoms. The van der Waals surface area contributed by atoms with E-state index >= 15 is 0 Å². The zero-order valence-electron chi connectivity index (χ0n) is 12.6. The van der Waals surface area contributed by atoms with Gasteiger partial charge in [-0.05, 0) is 37.3 Å². The van der Waals surface area contributed by atoms with E-state index in [-0.39, 0.29) is 5.56 Å². The normalized spacial score (nSPS) is 21.8. The molecule has 116 valence electrons. The Bertz CT molecular complexity index is 717. The number of nitrogens with one attached hydrogen (secondary N) is 1. The summed E-state index contributed by atoms with van der Waals surface area (Å²) in [5.41, 5.74) is 2.23. The van der Waals surface area contributed by atoms with Crippen molar-refractivity contribution < 1.29 is 4.74 Å². The number of hydrogen-bond donors (Lipinski definition) is 1. The number of hydrogen-bond acceptors (Lipinski definition) is 4. The van der Waals surface area contributed by atoms with E-state index in [4.69, 9.17) is 4.74 Å². The molecule has 1 saturated carbocycles. The first-order chi connectivity index (χ1) is 10.8. The van der Waals surface area contributed by atoms with Crippen LogP contribution in [-0.4, -0.2) is 40.7 Å². The third kappa shape index (κ3) is 2.91. The fourth-order valence-corrected chi connectivity index (χ4v) is 3.21. The summed E-state index contributed by atoms with van der Waals surface area (Å²) < 4.78 is 5.48. The van der Waals surface area contributed by atoms with Gasteiger partial charge >= 0.3 is 0 Å². The van der Waals surface area contributed by atoms with Gasteiger partial charge in [-0.2, -0.15) is 0 Å². The topological polar surface area (TPSA) is 58.2 Å². The Morgan fingerprint density at radius 2 is 2.14 bits per heavy atom. The molecule has 0 radical (unpaired) electrons. The van der Waals surface area contributed by atoms with Gasteiger partial charge in [-0.15, -0.1) is 0 Å². The summed E-state index contributed by atoms with van der Waals surface area (Å²) in [6.45, 7) is 3.38. The first-order valence-electron chi connectivity index (χ1n) is 8.09. The molecule has 1 unspecified atom stereocenters. The zero-order valence-corrected chi connectivity index (χ0v) is 12.6. The van der Waals surface area contributed by atoms with E-state index < -0.39 is 0 Å². The molecule has 1 aliphatic heterocycles. The van der Waals surface area contributed by atoms with Gasteiger partial charge in [0.1, 0.15) is 5.69 Å². The van der Waals surface area contributed by atoms with E-state index in [0.717, 1.165) is 37.2 Å². The van der Waals surface area contributed by atoms with E-state index in [1.165, 1.54) is 12.8 Å². The number of H-pyrrole nitrogens is 1. The quantitative estimate of drug-likeness (QED) is 0.916. The molecular formula is C17H21N3O2. The van der Waals surface area contributed by atoms with Gasteiger partial charge in [0.05, 0.1) is 17.6 Å². The van der Waals surface area contributed by atoms with Crippen LogP contribution in [-0.2, 0) is 11.3 Å². The number of fused-ring (bicyclic) bond motifs is 1. The van der Waals surface area contributed by atoms with Gasteiger partial charge in [-0.3, -0.25) is 9.69 Å². The van der Waals surface area contributed by atoms with Crippen LogP contribution < -0.4 is 5.56 Å². The minimum absolute atomic E-state index is 0.0629. The highest BCUT2D eigenvalue weighted by atomic mass is 16.5. The van der Waals surface area contributed by atoms with Gasteiger partial charge in [0.15, 0.2) is 0 Å². The van der Waals surface area contributed by atoms with Gasteiger partial charge in [0.25, 0.3) is 5.56 Å². The average molecular weight is 299 g/mol. The fraction of sp³-hybridized carbons (Fsp3) is 0.529. The van der Waals surface area contributed by atoms with E-state index in [1.807, 2.05) is 24.3 Å². The monoisotopic (exact) mass is 299 g/mol. The summed E-state index contributed by atoms with van der Waals surface area (Å²) in [4.78, 5) is 22.2. The molecule has 1 saturated heterocycles. The highest BCUT2D eigenvalue weighted by molar-refractivity contribution is 5.73. The van der Waals surface area contributed by atoms with E-state index in [2.05, 4.69) is 14.9 Å². The van der Waals surface area contributed by atoms with E-state index in [1.54, 1.807) is 0 Å². The molecule has 0 bridgehead atoms. The first-order valence-corrected chi connectivity index (χ1v) is 8.09. The predicted molar refractivity (Wildman–Crippen MR) is 84.7 cm³/mol. The number of para-hydroxylation sites is 2. The maximum absolute atomic E-state index is 12.3. The van der Waals surface area contributed by atoms with Gasteiger partial charge in [0.2, 0.25) is 0 Å². The largest absolute Gasteiger partial charge is 0.381 e. The zero-order chi connectivity index (χ0) is 14.9. The molecule has 1 aromatic heterocycles. The van der Waals surface area contributed by atoms with Crippen molar-refractivity contribution in [2.75, 3.05) is 19.8 Å². The van der Waals surface area contributed by atoms with Gasteiger partial charge in [-0.1, -0.05) is 12.1 Å². The molecule has 1 atom stereocenters. The lowest BCUT2D eigenvalue weighted by atomic mass is 10.1. The van der Waals surface area contributed by atoms with Gasteiger partial charge in [-0.25, -0.2) is 4.98 Å². The van der Waals surface area contributed by atoms with Crippen LogP contribution >= 0.6 is 0 Å². The highest BCUT2D eigenvalue weighted by Crippen LogP contribution is 2.29. The van der Waals surface area contributed by atoms with Crippen molar-refractivity contribution in [2.45, 2.75) is 31.8 Å². The molecule has 1 N–H and O–H groups in total. The number of ether oxygens (including phenoxy) is 1. The number of rotatable bonds is 5. The summed E-state index contributed by atoms with van der Waals surface area (Å²) >= 11 is 0. The van der Waals surface area contributed by atoms with Crippen molar-refractivity contribution in [1.82, 2.24) is 14.9 Å². The lowest BCUT2D eigenvalue weighted by molar-refractivity contribution is 0.160. The van der Waals surface area contributed by atoms with Gasteiger partial charge in [0, 0.05) is 25.7 Å². The third-order valence-corrected chi connectivity index (χ3v) is 4.60. The van der Waals surface area contributed by atoms with Crippen molar-refractivity contribution in [3.63, 3.8) is 0 Å². The Morgan fingerprint density at radius 1 is 1.27 bits per heavy atom. The molecule has 5 nitrogen and oxygen atoms in total. The first kappa shape index (κ1) is 13.9. The summed E-state index contributed by atoms with van der Waals surface area (Å²) in [5.74, 6) is 0.597. The maximum atomic E-state index is 12.3. The van der Waals surface area contributed by atoms with Crippen molar-refractivity contribution in [2.24, 2.45) is 5.92 Å². The summed E-state index contributed by atoms with van der Waals surface area (Å²) in [6, 6.07) is 8.32. The minimum atomic E-state index is -0.0629. The maximum Gasteiger partial charge on any atom is 0.271 e. The van der Waals surface area contributed by atoms with Crippen LogP contribution in [0.5, 0.6) is 0 Å². The Hall–Kier alpha value is -1.72. The standard InChI is InChI=1S/C17H21N3O2/c21-17-16(18-14-3-1-2-4-15(14)19-17)10-20(13-5-6-13)9-12-7-8-22-11-12/h1-4,12-13H,5-11H2,(H,19,21). The minimum Gasteiger partial charge on any atom is -0.381 e. The fourth-order valence-electron chi connectivity index (χ4n) is 3.21. The Morgan fingerprint density at radius 3 is 2.91 bits per heavy atom. The van der Waals surface area contributed by atoms with Crippen LogP contribution in [0.3, 0.4) is 0 Å².